The molecule has 2 nitrogen and oxygen atoms in total. The minimum Gasteiger partial charge on any atom is -0.491 e. The highest BCUT2D eigenvalue weighted by Gasteiger charge is 2.25. The minimum absolute atomic E-state index is 0.0779. The molecule has 4 rings (SSSR count). The predicted molar refractivity (Wildman–Crippen MR) is 133 cm³/mol. The van der Waals surface area contributed by atoms with Crippen LogP contribution in [0.1, 0.15) is 72.9 Å². The van der Waals surface area contributed by atoms with Crippen molar-refractivity contribution >= 4 is 5.57 Å². The van der Waals surface area contributed by atoms with Gasteiger partial charge in [0, 0.05) is 11.1 Å². The van der Waals surface area contributed by atoms with Crippen molar-refractivity contribution in [1.82, 2.24) is 0 Å². The normalized spacial score (nSPS) is 16.4. The van der Waals surface area contributed by atoms with Crippen LogP contribution >= 0.6 is 0 Å². The summed E-state index contributed by atoms with van der Waals surface area (Å²) in [5.41, 5.74) is 2.26. The number of aliphatic hydroxyl groups is 1. The predicted octanol–water partition coefficient (Wildman–Crippen LogP) is 7.97. The fourth-order valence-corrected chi connectivity index (χ4v) is 4.86. The largest absolute Gasteiger partial charge is 0.491 e. The molecule has 0 radical (unpaired) electrons. The molecule has 0 saturated heterocycles. The number of hydrogen-bond acceptors (Lipinski definition) is 2. The molecule has 0 bridgehead atoms. The second-order valence-corrected chi connectivity index (χ2v) is 9.35. The van der Waals surface area contributed by atoms with Crippen LogP contribution in [0.3, 0.4) is 0 Å². The Morgan fingerprint density at radius 1 is 0.919 bits per heavy atom. The molecule has 0 aromatic heterocycles. The van der Waals surface area contributed by atoms with E-state index in [-0.39, 0.29) is 41.4 Å². The highest BCUT2D eigenvalue weighted by molar-refractivity contribution is 5.67. The molecular formula is C30H29F5O2. The Bertz CT molecular complexity index is 1320. The van der Waals surface area contributed by atoms with Crippen molar-refractivity contribution in [3.63, 3.8) is 0 Å². The van der Waals surface area contributed by atoms with Gasteiger partial charge < -0.3 is 9.84 Å². The molecule has 0 saturated carbocycles. The molecule has 0 aliphatic heterocycles. The van der Waals surface area contributed by atoms with Gasteiger partial charge in [0.25, 0.3) is 0 Å². The van der Waals surface area contributed by atoms with Crippen LogP contribution in [0, 0.1) is 29.1 Å². The van der Waals surface area contributed by atoms with E-state index < -0.39 is 35.2 Å². The number of aryl methyl sites for hydroxylation is 2. The molecule has 2 atom stereocenters. The molecule has 3 aromatic carbocycles. The second kappa shape index (κ2) is 11.5. The first-order chi connectivity index (χ1) is 17.7. The maximum atomic E-state index is 15.0. The van der Waals surface area contributed by atoms with Gasteiger partial charge in [-0.1, -0.05) is 36.4 Å². The number of halogens is 5. The molecule has 196 valence electrons. The number of hydrogen-bond donors (Lipinski definition) is 1. The van der Waals surface area contributed by atoms with E-state index in [0.717, 1.165) is 5.57 Å². The summed E-state index contributed by atoms with van der Waals surface area (Å²) in [4.78, 5) is 0. The summed E-state index contributed by atoms with van der Waals surface area (Å²) < 4.78 is 77.4. The summed E-state index contributed by atoms with van der Waals surface area (Å²) in [6.07, 6.45) is 2.74. The van der Waals surface area contributed by atoms with E-state index in [4.69, 9.17) is 4.74 Å². The van der Waals surface area contributed by atoms with Gasteiger partial charge in [0.1, 0.15) is 5.82 Å². The van der Waals surface area contributed by atoms with Gasteiger partial charge >= 0.3 is 0 Å². The summed E-state index contributed by atoms with van der Waals surface area (Å²) in [7, 11) is 0. The molecule has 0 amide bonds. The molecule has 2 unspecified atom stereocenters. The molecule has 1 aliphatic carbocycles. The van der Waals surface area contributed by atoms with Crippen LogP contribution in [-0.2, 0) is 12.8 Å². The van der Waals surface area contributed by atoms with Crippen molar-refractivity contribution in [2.75, 3.05) is 6.61 Å². The maximum absolute atomic E-state index is 15.0. The third kappa shape index (κ3) is 5.72. The van der Waals surface area contributed by atoms with Crippen molar-refractivity contribution in [1.29, 1.82) is 0 Å². The smallest absolute Gasteiger partial charge is 0.200 e. The number of aliphatic hydroxyl groups excluding tert-OH is 1. The first-order valence-corrected chi connectivity index (χ1v) is 12.4. The van der Waals surface area contributed by atoms with E-state index >= 15 is 0 Å². The number of rotatable bonds is 8. The highest BCUT2D eigenvalue weighted by Crippen LogP contribution is 2.39. The van der Waals surface area contributed by atoms with Gasteiger partial charge in [-0.05, 0) is 86.3 Å². The summed E-state index contributed by atoms with van der Waals surface area (Å²) in [6.45, 7) is 3.29. The van der Waals surface area contributed by atoms with Gasteiger partial charge in [-0.3, -0.25) is 0 Å². The lowest BCUT2D eigenvalue weighted by molar-refractivity contribution is 0.192. The lowest BCUT2D eigenvalue weighted by atomic mass is 9.81. The monoisotopic (exact) mass is 516 g/mol. The molecule has 1 aliphatic rings. The van der Waals surface area contributed by atoms with Crippen LogP contribution < -0.4 is 4.74 Å². The van der Waals surface area contributed by atoms with Crippen molar-refractivity contribution in [2.24, 2.45) is 0 Å². The van der Waals surface area contributed by atoms with Crippen molar-refractivity contribution in [3.05, 3.63) is 105 Å². The van der Waals surface area contributed by atoms with Crippen LogP contribution in [-0.4, -0.2) is 11.7 Å². The van der Waals surface area contributed by atoms with Crippen LogP contribution in [0.4, 0.5) is 22.0 Å². The average molecular weight is 517 g/mol. The fourth-order valence-electron chi connectivity index (χ4n) is 4.86. The Morgan fingerprint density at radius 3 is 2.35 bits per heavy atom. The van der Waals surface area contributed by atoms with Gasteiger partial charge in [0.15, 0.2) is 23.2 Å². The SMILES string of the molecule is CCOc1ccc(CCc2ccc(C3=CCC(c4ccc(C(C)O)c(F)c4F)CC3)c(F)c2)c(F)c1F. The number of benzene rings is 3. The Labute approximate surface area is 213 Å². The standard InChI is InChI=1S/C30H29F5O2/c1-3-37-26-15-11-21(27(32)30(26)35)6-4-18-5-12-23(25(31)16-18)19-7-9-20(10-8-19)24-14-13-22(17(2)36)28(33)29(24)34/h5,7,11-17,20,36H,3-4,6,8-10H2,1-2H3. The van der Waals surface area contributed by atoms with Gasteiger partial charge in [-0.25, -0.2) is 17.6 Å². The fraction of sp³-hybridized carbons (Fsp3) is 0.333. The first kappa shape index (κ1) is 26.9. The van der Waals surface area contributed by atoms with E-state index in [2.05, 4.69) is 0 Å². The summed E-state index contributed by atoms with van der Waals surface area (Å²) >= 11 is 0. The summed E-state index contributed by atoms with van der Waals surface area (Å²) in [5, 5.41) is 9.59. The van der Waals surface area contributed by atoms with Crippen LogP contribution in [0.5, 0.6) is 5.75 Å². The topological polar surface area (TPSA) is 29.5 Å². The Balaban J connectivity index is 1.44. The third-order valence-corrected chi connectivity index (χ3v) is 6.93. The first-order valence-electron chi connectivity index (χ1n) is 12.4. The van der Waals surface area contributed by atoms with Crippen molar-refractivity contribution in [2.45, 2.75) is 58.0 Å². The van der Waals surface area contributed by atoms with Crippen LogP contribution in [0.25, 0.3) is 5.57 Å². The molecular weight excluding hydrogens is 487 g/mol. The van der Waals surface area contributed by atoms with Crippen LogP contribution in [0.15, 0.2) is 48.5 Å². The second-order valence-electron chi connectivity index (χ2n) is 9.35. The zero-order valence-corrected chi connectivity index (χ0v) is 20.8. The molecule has 1 N–H and O–H groups in total. The number of ether oxygens (including phenoxy) is 1. The number of allylic oxidation sites excluding steroid dienone is 2. The van der Waals surface area contributed by atoms with Crippen molar-refractivity contribution < 1.29 is 31.8 Å². The average Bonchev–Trinajstić information content (AvgIpc) is 2.88. The van der Waals surface area contributed by atoms with Crippen molar-refractivity contribution in [3.8, 4) is 5.75 Å². The zero-order valence-electron chi connectivity index (χ0n) is 20.8. The molecule has 3 aromatic rings. The zero-order chi connectivity index (χ0) is 26.7. The van der Waals surface area contributed by atoms with E-state index in [1.807, 2.05) is 6.08 Å². The molecule has 0 fully saturated rings. The van der Waals surface area contributed by atoms with E-state index in [9.17, 15) is 27.1 Å². The third-order valence-electron chi connectivity index (χ3n) is 6.93. The molecule has 0 heterocycles. The molecule has 7 heteroatoms. The summed E-state index contributed by atoms with van der Waals surface area (Å²) in [5.74, 6) is -4.75. The lowest BCUT2D eigenvalue weighted by Gasteiger charge is -2.24. The minimum atomic E-state index is -1.10. The Morgan fingerprint density at radius 2 is 1.70 bits per heavy atom. The maximum Gasteiger partial charge on any atom is 0.200 e. The van der Waals surface area contributed by atoms with Crippen LogP contribution in [0.2, 0.25) is 0 Å². The lowest BCUT2D eigenvalue weighted by Crippen LogP contribution is -2.10. The van der Waals surface area contributed by atoms with Gasteiger partial charge in [-0.2, -0.15) is 4.39 Å². The van der Waals surface area contributed by atoms with Gasteiger partial charge in [0.05, 0.1) is 12.7 Å². The van der Waals surface area contributed by atoms with E-state index in [1.54, 1.807) is 19.1 Å². The molecule has 0 spiro atoms. The van der Waals surface area contributed by atoms with E-state index in [1.165, 1.54) is 37.3 Å². The van der Waals surface area contributed by atoms with Gasteiger partial charge in [0.2, 0.25) is 5.82 Å². The summed E-state index contributed by atoms with van der Waals surface area (Å²) in [6, 6.07) is 10.6. The molecule has 37 heavy (non-hydrogen) atoms. The highest BCUT2D eigenvalue weighted by atomic mass is 19.2. The Hall–Kier alpha value is -3.19. The Kier molecular flexibility index (Phi) is 8.32. The van der Waals surface area contributed by atoms with Gasteiger partial charge in [-0.15, -0.1) is 0 Å². The quantitative estimate of drug-likeness (QED) is 0.308. The van der Waals surface area contributed by atoms with E-state index in [0.29, 0.717) is 36.8 Å².